The van der Waals surface area contributed by atoms with E-state index in [9.17, 15) is 13.2 Å². The number of nitrogens with zero attached hydrogens (tertiary/aromatic N) is 3. The molecule has 0 radical (unpaired) electrons. The van der Waals surface area contributed by atoms with Crippen LogP contribution in [-0.2, 0) is 30.7 Å². The third-order valence-electron chi connectivity index (χ3n) is 5.78. The largest absolute Gasteiger partial charge is 0.383 e. The van der Waals surface area contributed by atoms with Gasteiger partial charge in [-0.05, 0) is 43.0 Å². The molecule has 1 fully saturated rings. The minimum absolute atomic E-state index is 0.00703. The number of benzene rings is 1. The Balaban J connectivity index is 1.70. The average Bonchev–Trinajstić information content (AvgIpc) is 3.19. The normalized spacial score (nSPS) is 17.5. The van der Waals surface area contributed by atoms with Crippen LogP contribution in [0, 0.1) is 0 Å². The van der Waals surface area contributed by atoms with Crippen molar-refractivity contribution in [3.8, 4) is 0 Å². The van der Waals surface area contributed by atoms with Gasteiger partial charge in [-0.3, -0.25) is 9.69 Å². The van der Waals surface area contributed by atoms with E-state index in [0.29, 0.717) is 57.3 Å². The SMILES string of the molecule is COCCN(CCOC)CC(=O)N1CCc2cc(S(=O)(=O)N3CCCCC3)ccc21. The molecule has 0 N–H and O–H groups in total. The summed E-state index contributed by atoms with van der Waals surface area (Å²) >= 11 is 0. The summed E-state index contributed by atoms with van der Waals surface area (Å²) in [5.74, 6) is 0.00703. The van der Waals surface area contributed by atoms with Crippen molar-refractivity contribution < 1.29 is 22.7 Å². The Bertz CT molecular complexity index is 816. The number of ether oxygens (including phenoxy) is 2. The zero-order valence-electron chi connectivity index (χ0n) is 18.0. The highest BCUT2D eigenvalue weighted by Crippen LogP contribution is 2.32. The number of anilines is 1. The molecule has 168 valence electrons. The van der Waals surface area contributed by atoms with Crippen LogP contribution < -0.4 is 4.90 Å². The summed E-state index contributed by atoms with van der Waals surface area (Å²) in [6, 6.07) is 5.17. The summed E-state index contributed by atoms with van der Waals surface area (Å²) in [7, 11) is -0.184. The first-order valence-corrected chi connectivity index (χ1v) is 12.0. The second-order valence-electron chi connectivity index (χ2n) is 7.81. The highest BCUT2D eigenvalue weighted by Gasteiger charge is 2.30. The van der Waals surface area contributed by atoms with E-state index in [1.54, 1.807) is 41.6 Å². The lowest BCUT2D eigenvalue weighted by atomic mass is 10.2. The first-order chi connectivity index (χ1) is 14.5. The molecule has 1 amide bonds. The third-order valence-corrected chi connectivity index (χ3v) is 7.68. The Kier molecular flexibility index (Phi) is 8.24. The van der Waals surface area contributed by atoms with Gasteiger partial charge in [-0.2, -0.15) is 4.31 Å². The van der Waals surface area contributed by atoms with E-state index < -0.39 is 10.0 Å². The first-order valence-electron chi connectivity index (χ1n) is 10.6. The fourth-order valence-electron chi connectivity index (χ4n) is 4.04. The summed E-state index contributed by atoms with van der Waals surface area (Å²) in [6.45, 7) is 4.42. The molecule has 2 aliphatic heterocycles. The molecule has 0 saturated carbocycles. The summed E-state index contributed by atoms with van der Waals surface area (Å²) < 4.78 is 37.8. The number of fused-ring (bicyclic) bond motifs is 1. The van der Waals surface area contributed by atoms with Crippen LogP contribution in [0.5, 0.6) is 0 Å². The van der Waals surface area contributed by atoms with E-state index in [2.05, 4.69) is 0 Å². The van der Waals surface area contributed by atoms with Crippen LogP contribution in [0.4, 0.5) is 5.69 Å². The second-order valence-corrected chi connectivity index (χ2v) is 9.75. The smallest absolute Gasteiger partial charge is 0.243 e. The summed E-state index contributed by atoms with van der Waals surface area (Å²) in [5.41, 5.74) is 1.73. The van der Waals surface area contributed by atoms with E-state index in [-0.39, 0.29) is 12.5 Å². The summed E-state index contributed by atoms with van der Waals surface area (Å²) in [6.07, 6.45) is 3.57. The van der Waals surface area contributed by atoms with Gasteiger partial charge in [0.1, 0.15) is 0 Å². The highest BCUT2D eigenvalue weighted by molar-refractivity contribution is 7.89. The van der Waals surface area contributed by atoms with Crippen molar-refractivity contribution in [3.05, 3.63) is 23.8 Å². The van der Waals surface area contributed by atoms with Gasteiger partial charge in [0, 0.05) is 52.6 Å². The molecular formula is C21H33N3O5S. The topological polar surface area (TPSA) is 79.4 Å². The maximum Gasteiger partial charge on any atom is 0.243 e. The van der Waals surface area contributed by atoms with E-state index in [1.165, 1.54) is 0 Å². The number of amides is 1. The molecule has 0 aromatic heterocycles. The van der Waals surface area contributed by atoms with Gasteiger partial charge in [0.25, 0.3) is 0 Å². The molecule has 8 nitrogen and oxygen atoms in total. The predicted molar refractivity (Wildman–Crippen MR) is 115 cm³/mol. The number of piperidine rings is 1. The lowest BCUT2D eigenvalue weighted by Gasteiger charge is -2.26. The Labute approximate surface area is 179 Å². The van der Waals surface area contributed by atoms with Gasteiger partial charge in [-0.1, -0.05) is 6.42 Å². The number of hydrogen-bond donors (Lipinski definition) is 0. The van der Waals surface area contributed by atoms with Crippen LogP contribution in [0.3, 0.4) is 0 Å². The Morgan fingerprint density at radius 1 is 1.03 bits per heavy atom. The van der Waals surface area contributed by atoms with Gasteiger partial charge in [-0.15, -0.1) is 0 Å². The fraction of sp³-hybridized carbons (Fsp3) is 0.667. The van der Waals surface area contributed by atoms with Crippen LogP contribution in [0.1, 0.15) is 24.8 Å². The zero-order chi connectivity index (χ0) is 21.6. The van der Waals surface area contributed by atoms with Gasteiger partial charge >= 0.3 is 0 Å². The Morgan fingerprint density at radius 3 is 2.33 bits per heavy atom. The van der Waals surface area contributed by atoms with Crippen LogP contribution in [0.15, 0.2) is 23.1 Å². The molecule has 9 heteroatoms. The number of methoxy groups -OCH3 is 2. The van der Waals surface area contributed by atoms with Gasteiger partial charge in [-0.25, -0.2) is 8.42 Å². The van der Waals surface area contributed by atoms with Gasteiger partial charge in [0.2, 0.25) is 15.9 Å². The van der Waals surface area contributed by atoms with E-state index in [0.717, 1.165) is 30.5 Å². The van der Waals surface area contributed by atoms with Crippen molar-refractivity contribution in [2.45, 2.75) is 30.6 Å². The molecule has 1 aromatic rings. The van der Waals surface area contributed by atoms with E-state index in [1.807, 2.05) is 4.90 Å². The lowest BCUT2D eigenvalue weighted by Crippen LogP contribution is -2.42. The molecule has 1 saturated heterocycles. The van der Waals surface area contributed by atoms with Crippen LogP contribution in [0.25, 0.3) is 0 Å². The molecule has 0 spiro atoms. The van der Waals surface area contributed by atoms with Crippen LogP contribution in [0.2, 0.25) is 0 Å². The molecule has 2 heterocycles. The number of carbonyl (C=O) groups is 1. The maximum absolute atomic E-state index is 13.0. The zero-order valence-corrected chi connectivity index (χ0v) is 18.8. The quantitative estimate of drug-likeness (QED) is 0.548. The Hall–Kier alpha value is -1.52. The maximum atomic E-state index is 13.0. The predicted octanol–water partition coefficient (Wildman–Crippen LogP) is 1.35. The van der Waals surface area contributed by atoms with Crippen LogP contribution in [-0.4, -0.2) is 90.2 Å². The molecule has 30 heavy (non-hydrogen) atoms. The Morgan fingerprint density at radius 2 is 1.70 bits per heavy atom. The number of hydrogen-bond acceptors (Lipinski definition) is 6. The summed E-state index contributed by atoms with van der Waals surface area (Å²) in [4.78, 5) is 17.1. The number of sulfonamides is 1. The lowest BCUT2D eigenvalue weighted by molar-refractivity contribution is -0.119. The molecular weight excluding hydrogens is 406 g/mol. The van der Waals surface area contributed by atoms with Crippen molar-refractivity contribution in [3.63, 3.8) is 0 Å². The van der Waals surface area contributed by atoms with Gasteiger partial charge in [0.15, 0.2) is 0 Å². The van der Waals surface area contributed by atoms with E-state index in [4.69, 9.17) is 9.47 Å². The number of carbonyl (C=O) groups excluding carboxylic acids is 1. The van der Waals surface area contributed by atoms with Gasteiger partial charge in [0.05, 0.1) is 24.7 Å². The molecule has 0 atom stereocenters. The monoisotopic (exact) mass is 439 g/mol. The third kappa shape index (κ3) is 5.39. The fourth-order valence-corrected chi connectivity index (χ4v) is 5.61. The second kappa shape index (κ2) is 10.7. The van der Waals surface area contributed by atoms with Crippen molar-refractivity contribution in [1.29, 1.82) is 0 Å². The summed E-state index contributed by atoms with van der Waals surface area (Å²) in [5, 5.41) is 0. The van der Waals surface area contributed by atoms with Crippen molar-refractivity contribution in [1.82, 2.24) is 9.21 Å². The first kappa shape index (κ1) is 23.1. The minimum Gasteiger partial charge on any atom is -0.383 e. The van der Waals surface area contributed by atoms with Crippen molar-refractivity contribution >= 4 is 21.6 Å². The average molecular weight is 440 g/mol. The highest BCUT2D eigenvalue weighted by atomic mass is 32.2. The van der Waals surface area contributed by atoms with Crippen LogP contribution >= 0.6 is 0 Å². The molecule has 2 aliphatic rings. The van der Waals surface area contributed by atoms with Gasteiger partial charge < -0.3 is 14.4 Å². The molecule has 0 unspecified atom stereocenters. The van der Waals surface area contributed by atoms with Crippen molar-refractivity contribution in [2.24, 2.45) is 0 Å². The van der Waals surface area contributed by atoms with Crippen molar-refractivity contribution in [2.75, 3.05) is 71.6 Å². The van der Waals surface area contributed by atoms with E-state index >= 15 is 0 Å². The minimum atomic E-state index is -3.47. The molecule has 0 aliphatic carbocycles. The number of rotatable bonds is 10. The molecule has 0 bridgehead atoms. The standard InChI is InChI=1S/C21H33N3O5S/c1-28-14-12-22(13-15-29-2)17-21(25)24-11-8-18-16-19(6-7-20(18)24)30(26,27)23-9-4-3-5-10-23/h6-7,16H,3-5,8-15,17H2,1-2H3. The molecule has 1 aromatic carbocycles. The molecule has 3 rings (SSSR count).